The lowest BCUT2D eigenvalue weighted by Gasteiger charge is -2.48. The average molecular weight is 212 g/mol. The molecule has 0 amide bonds. The Kier molecular flexibility index (Phi) is 3.12. The molecular formula is C10H18BFN2O. The third-order valence-electron chi connectivity index (χ3n) is 3.66. The van der Waals surface area contributed by atoms with E-state index in [2.05, 4.69) is 4.99 Å². The molecule has 5 heteroatoms. The zero-order valence-electron chi connectivity index (χ0n) is 9.36. The molecule has 0 aromatic carbocycles. The zero-order valence-corrected chi connectivity index (χ0v) is 9.36. The summed E-state index contributed by atoms with van der Waals surface area (Å²) in [5.41, 5.74) is 0.682. The number of alkyl halides is 1. The summed E-state index contributed by atoms with van der Waals surface area (Å²) in [6.07, 6.45) is 2.64. The van der Waals surface area contributed by atoms with Gasteiger partial charge in [-0.15, -0.1) is 0 Å². The molecule has 2 fully saturated rings. The van der Waals surface area contributed by atoms with Gasteiger partial charge in [0, 0.05) is 31.3 Å². The molecule has 0 aromatic rings. The molecule has 2 rings (SSSR count). The van der Waals surface area contributed by atoms with Gasteiger partial charge in [-0.2, -0.15) is 0 Å². The van der Waals surface area contributed by atoms with E-state index >= 15 is 0 Å². The fourth-order valence-electron chi connectivity index (χ4n) is 3.01. The highest BCUT2D eigenvalue weighted by atomic mass is 19.1. The van der Waals surface area contributed by atoms with Crippen molar-refractivity contribution in [3.05, 3.63) is 0 Å². The van der Waals surface area contributed by atoms with E-state index in [0.29, 0.717) is 12.1 Å². The first-order valence-electron chi connectivity index (χ1n) is 5.70. The van der Waals surface area contributed by atoms with Gasteiger partial charge in [-0.3, -0.25) is 4.99 Å². The molecular weight excluding hydrogens is 194 g/mol. The minimum absolute atomic E-state index is 0.156. The van der Waals surface area contributed by atoms with Crippen molar-refractivity contribution in [1.82, 2.24) is 4.81 Å². The molecule has 2 aliphatic rings. The summed E-state index contributed by atoms with van der Waals surface area (Å²) in [5, 5.41) is 9.68. The van der Waals surface area contributed by atoms with Gasteiger partial charge in [0.25, 0.3) is 0 Å². The van der Waals surface area contributed by atoms with Crippen molar-refractivity contribution >= 4 is 12.8 Å². The molecule has 0 saturated carbocycles. The number of rotatable bonds is 1. The van der Waals surface area contributed by atoms with Crippen LogP contribution in [0.5, 0.6) is 0 Å². The molecule has 0 radical (unpaired) electrons. The molecule has 1 N–H and O–H groups in total. The van der Waals surface area contributed by atoms with E-state index in [4.69, 9.17) is 0 Å². The van der Waals surface area contributed by atoms with Crippen molar-refractivity contribution < 1.29 is 9.41 Å². The highest BCUT2D eigenvalue weighted by Gasteiger charge is 2.45. The molecule has 3 atom stereocenters. The van der Waals surface area contributed by atoms with Gasteiger partial charge in [-0.05, 0) is 19.7 Å². The van der Waals surface area contributed by atoms with Crippen molar-refractivity contribution in [2.75, 3.05) is 7.05 Å². The second-order valence-electron chi connectivity index (χ2n) is 4.55. The Labute approximate surface area is 90.5 Å². The van der Waals surface area contributed by atoms with Crippen molar-refractivity contribution in [3.8, 4) is 0 Å². The van der Waals surface area contributed by atoms with Crippen LogP contribution in [-0.4, -0.2) is 47.9 Å². The number of nitrogens with zero attached hydrogens (tertiary/aromatic N) is 2. The number of hydrogen-bond donors (Lipinski definition) is 1. The molecule has 2 saturated heterocycles. The van der Waals surface area contributed by atoms with E-state index in [0.717, 1.165) is 19.3 Å². The Balaban J connectivity index is 2.24. The minimum Gasteiger partial charge on any atom is -0.437 e. The van der Waals surface area contributed by atoms with Crippen LogP contribution >= 0.6 is 0 Å². The van der Waals surface area contributed by atoms with E-state index in [9.17, 15) is 9.41 Å². The Morgan fingerprint density at radius 3 is 2.87 bits per heavy atom. The summed E-state index contributed by atoms with van der Waals surface area (Å²) < 4.78 is 14.0. The zero-order chi connectivity index (χ0) is 11.0. The molecule has 84 valence electrons. The summed E-state index contributed by atoms with van der Waals surface area (Å²) in [5.74, 6) is 0. The maximum absolute atomic E-state index is 14.0. The van der Waals surface area contributed by atoms with Crippen LogP contribution in [0.2, 0.25) is 6.82 Å². The van der Waals surface area contributed by atoms with E-state index in [-0.39, 0.29) is 12.1 Å². The summed E-state index contributed by atoms with van der Waals surface area (Å²) in [6, 6.07) is 0.130. The summed E-state index contributed by atoms with van der Waals surface area (Å²) >= 11 is 0. The summed E-state index contributed by atoms with van der Waals surface area (Å²) in [6.45, 7) is 1.73. The Bertz CT molecular complexity index is 272. The smallest absolute Gasteiger partial charge is 0.376 e. The van der Waals surface area contributed by atoms with Crippen LogP contribution in [-0.2, 0) is 0 Å². The predicted molar refractivity (Wildman–Crippen MR) is 60.0 cm³/mol. The molecule has 2 unspecified atom stereocenters. The first-order valence-corrected chi connectivity index (χ1v) is 5.70. The van der Waals surface area contributed by atoms with E-state index in [1.807, 2.05) is 4.81 Å². The van der Waals surface area contributed by atoms with Crippen molar-refractivity contribution in [2.24, 2.45) is 4.99 Å². The lowest BCUT2D eigenvalue weighted by molar-refractivity contribution is 0.0947. The largest absolute Gasteiger partial charge is 0.437 e. The third-order valence-corrected chi connectivity index (χ3v) is 3.66. The SMILES string of the molecule is CN=C1CC2CCCC([C@H]1F)N2B(C)O. The minimum atomic E-state index is -0.985. The number of fused-ring (bicyclic) bond motifs is 2. The topological polar surface area (TPSA) is 35.8 Å². The van der Waals surface area contributed by atoms with Crippen LogP contribution in [0.25, 0.3) is 0 Å². The summed E-state index contributed by atoms with van der Waals surface area (Å²) in [7, 11) is 1.12. The standard InChI is InChI=1S/C10H18BFN2O/c1-11(15)14-7-4-3-5-9(14)10(12)8(6-7)13-2/h7,9-10,15H,3-6H2,1-2H3/t7?,9?,10-/m0/s1. The van der Waals surface area contributed by atoms with Gasteiger partial charge in [0.2, 0.25) is 0 Å². The molecule has 2 heterocycles. The second kappa shape index (κ2) is 4.22. The van der Waals surface area contributed by atoms with Crippen molar-refractivity contribution in [2.45, 2.75) is 50.8 Å². The Morgan fingerprint density at radius 2 is 2.27 bits per heavy atom. The van der Waals surface area contributed by atoms with Gasteiger partial charge in [0.15, 0.2) is 6.17 Å². The monoisotopic (exact) mass is 212 g/mol. The number of aliphatic imine (C=N–C) groups is 1. The van der Waals surface area contributed by atoms with Gasteiger partial charge in [0.1, 0.15) is 0 Å². The van der Waals surface area contributed by atoms with Crippen LogP contribution in [0.4, 0.5) is 4.39 Å². The third kappa shape index (κ3) is 1.83. The normalized spacial score (nSPS) is 39.5. The lowest BCUT2D eigenvalue weighted by atomic mass is 9.71. The van der Waals surface area contributed by atoms with E-state index in [1.165, 1.54) is 0 Å². The molecule has 15 heavy (non-hydrogen) atoms. The van der Waals surface area contributed by atoms with Crippen molar-refractivity contribution in [3.63, 3.8) is 0 Å². The Hall–Kier alpha value is -0.415. The number of piperidine rings is 2. The fourth-order valence-corrected chi connectivity index (χ4v) is 3.01. The molecule has 3 nitrogen and oxygen atoms in total. The lowest BCUT2D eigenvalue weighted by Crippen LogP contribution is -2.62. The Morgan fingerprint density at radius 1 is 1.53 bits per heavy atom. The molecule has 2 aliphatic heterocycles. The second-order valence-corrected chi connectivity index (χ2v) is 4.55. The van der Waals surface area contributed by atoms with Crippen LogP contribution in [0.1, 0.15) is 25.7 Å². The summed E-state index contributed by atoms with van der Waals surface area (Å²) in [4.78, 5) is 5.97. The highest BCUT2D eigenvalue weighted by Crippen LogP contribution is 2.34. The number of hydrogen-bond acceptors (Lipinski definition) is 3. The van der Waals surface area contributed by atoms with E-state index in [1.54, 1.807) is 13.9 Å². The van der Waals surface area contributed by atoms with Gasteiger partial charge >= 0.3 is 7.05 Å². The van der Waals surface area contributed by atoms with Crippen LogP contribution < -0.4 is 0 Å². The maximum Gasteiger partial charge on any atom is 0.376 e. The van der Waals surface area contributed by atoms with Crippen LogP contribution in [0.15, 0.2) is 4.99 Å². The van der Waals surface area contributed by atoms with Crippen LogP contribution in [0.3, 0.4) is 0 Å². The average Bonchev–Trinajstić information content (AvgIpc) is 2.22. The maximum atomic E-state index is 14.0. The molecule has 0 aromatic heterocycles. The molecule has 2 bridgehead atoms. The van der Waals surface area contributed by atoms with Gasteiger partial charge in [-0.25, -0.2) is 4.39 Å². The highest BCUT2D eigenvalue weighted by molar-refractivity contribution is 6.45. The molecule has 0 aliphatic carbocycles. The fraction of sp³-hybridized carbons (Fsp3) is 0.900. The van der Waals surface area contributed by atoms with Gasteiger partial charge < -0.3 is 9.83 Å². The molecule has 0 spiro atoms. The van der Waals surface area contributed by atoms with Gasteiger partial charge in [0.05, 0.1) is 0 Å². The van der Waals surface area contributed by atoms with E-state index < -0.39 is 13.2 Å². The quantitative estimate of drug-likeness (QED) is 0.661. The number of halogens is 1. The first kappa shape index (κ1) is 11.1. The van der Waals surface area contributed by atoms with Gasteiger partial charge in [-0.1, -0.05) is 6.42 Å². The first-order chi connectivity index (χ1) is 7.15. The van der Waals surface area contributed by atoms with Crippen LogP contribution in [0, 0.1) is 0 Å². The van der Waals surface area contributed by atoms with Crippen molar-refractivity contribution in [1.29, 1.82) is 0 Å². The predicted octanol–water partition coefficient (Wildman–Crippen LogP) is 1.13.